The molecule has 1 aliphatic rings. The first kappa shape index (κ1) is 13.4. The number of hydrogen-bond acceptors (Lipinski definition) is 3. The first-order chi connectivity index (χ1) is 8.83. The van der Waals surface area contributed by atoms with Crippen molar-refractivity contribution in [3.8, 4) is 0 Å². The molecule has 1 aromatic rings. The molecule has 18 heavy (non-hydrogen) atoms. The van der Waals surface area contributed by atoms with Crippen LogP contribution >= 0.6 is 0 Å². The Kier molecular flexibility index (Phi) is 5.02. The van der Waals surface area contributed by atoms with E-state index >= 15 is 0 Å². The summed E-state index contributed by atoms with van der Waals surface area (Å²) in [6, 6.07) is 10.7. The Labute approximate surface area is 111 Å². The molecule has 0 aromatic heterocycles. The van der Waals surface area contributed by atoms with Crippen LogP contribution in [0.2, 0.25) is 0 Å². The number of hydrogen-bond donors (Lipinski definition) is 1. The summed E-state index contributed by atoms with van der Waals surface area (Å²) in [5, 5.41) is 0. The molecule has 1 atom stereocenters. The van der Waals surface area contributed by atoms with Gasteiger partial charge in [-0.3, -0.25) is 4.90 Å². The first-order valence-electron chi connectivity index (χ1n) is 7.06. The summed E-state index contributed by atoms with van der Waals surface area (Å²) >= 11 is 0. The molecule has 1 aromatic carbocycles. The summed E-state index contributed by atoms with van der Waals surface area (Å²) in [5.74, 6) is 0.660. The van der Waals surface area contributed by atoms with Crippen molar-refractivity contribution in [1.29, 1.82) is 0 Å². The molecule has 1 aliphatic heterocycles. The lowest BCUT2D eigenvalue weighted by Crippen LogP contribution is -2.48. The van der Waals surface area contributed by atoms with Gasteiger partial charge >= 0.3 is 0 Å². The molecule has 0 aliphatic carbocycles. The number of benzene rings is 1. The zero-order valence-corrected chi connectivity index (χ0v) is 11.4. The Balaban J connectivity index is 1.81. The Morgan fingerprint density at radius 1 is 1.11 bits per heavy atom. The Hall–Kier alpha value is -1.06. The van der Waals surface area contributed by atoms with E-state index in [0.717, 1.165) is 39.3 Å². The van der Waals surface area contributed by atoms with Crippen LogP contribution in [0.5, 0.6) is 0 Å². The minimum absolute atomic E-state index is 0.660. The summed E-state index contributed by atoms with van der Waals surface area (Å²) in [7, 11) is 0. The SMILES string of the molecule is CCC(CN)CN1CCN(c2ccccc2)CC1. The van der Waals surface area contributed by atoms with Crippen molar-refractivity contribution in [2.45, 2.75) is 13.3 Å². The highest BCUT2D eigenvalue weighted by Crippen LogP contribution is 2.16. The third-order valence-electron chi connectivity index (χ3n) is 3.92. The van der Waals surface area contributed by atoms with Crippen LogP contribution in [0.3, 0.4) is 0 Å². The van der Waals surface area contributed by atoms with Gasteiger partial charge in [-0.1, -0.05) is 31.5 Å². The predicted molar refractivity (Wildman–Crippen MR) is 77.9 cm³/mol. The molecular formula is C15H25N3. The van der Waals surface area contributed by atoms with E-state index in [1.54, 1.807) is 0 Å². The van der Waals surface area contributed by atoms with Crippen molar-refractivity contribution < 1.29 is 0 Å². The van der Waals surface area contributed by atoms with Gasteiger partial charge in [-0.05, 0) is 24.6 Å². The maximum absolute atomic E-state index is 5.78. The Bertz CT molecular complexity index is 327. The standard InChI is InChI=1S/C15H25N3/c1-2-14(12-16)13-17-8-10-18(11-9-17)15-6-4-3-5-7-15/h3-7,14H,2,8-13,16H2,1H3. The molecule has 2 rings (SSSR count). The molecule has 3 heteroatoms. The van der Waals surface area contributed by atoms with E-state index in [-0.39, 0.29) is 0 Å². The third-order valence-corrected chi connectivity index (χ3v) is 3.92. The fourth-order valence-corrected chi connectivity index (χ4v) is 2.56. The molecule has 2 N–H and O–H groups in total. The van der Waals surface area contributed by atoms with Gasteiger partial charge in [0.1, 0.15) is 0 Å². The maximum atomic E-state index is 5.78. The third kappa shape index (κ3) is 3.47. The van der Waals surface area contributed by atoms with E-state index in [0.29, 0.717) is 5.92 Å². The van der Waals surface area contributed by atoms with E-state index in [1.165, 1.54) is 12.1 Å². The molecule has 0 amide bonds. The first-order valence-corrected chi connectivity index (χ1v) is 7.06. The van der Waals surface area contributed by atoms with Crippen molar-refractivity contribution in [2.24, 2.45) is 11.7 Å². The Morgan fingerprint density at radius 3 is 2.33 bits per heavy atom. The summed E-state index contributed by atoms with van der Waals surface area (Å²) in [6.07, 6.45) is 1.19. The monoisotopic (exact) mass is 247 g/mol. The van der Waals surface area contributed by atoms with Crippen molar-refractivity contribution in [2.75, 3.05) is 44.2 Å². The van der Waals surface area contributed by atoms with Gasteiger partial charge < -0.3 is 10.6 Å². The number of nitrogens with two attached hydrogens (primary N) is 1. The molecule has 1 saturated heterocycles. The highest BCUT2D eigenvalue weighted by atomic mass is 15.3. The summed E-state index contributed by atoms with van der Waals surface area (Å²) in [6.45, 7) is 8.79. The lowest BCUT2D eigenvalue weighted by molar-refractivity contribution is 0.218. The van der Waals surface area contributed by atoms with Gasteiger partial charge in [0.15, 0.2) is 0 Å². The predicted octanol–water partition coefficient (Wildman–Crippen LogP) is 1.79. The summed E-state index contributed by atoms with van der Waals surface area (Å²) in [4.78, 5) is 5.03. The largest absolute Gasteiger partial charge is 0.369 e. The number of para-hydroxylation sites is 1. The van der Waals surface area contributed by atoms with Crippen molar-refractivity contribution >= 4 is 5.69 Å². The molecule has 0 radical (unpaired) electrons. The summed E-state index contributed by atoms with van der Waals surface area (Å²) in [5.41, 5.74) is 7.13. The van der Waals surface area contributed by atoms with Gasteiger partial charge in [0, 0.05) is 38.4 Å². The molecule has 100 valence electrons. The Morgan fingerprint density at radius 2 is 1.78 bits per heavy atom. The number of nitrogens with zero attached hydrogens (tertiary/aromatic N) is 2. The van der Waals surface area contributed by atoms with Crippen LogP contribution in [0.1, 0.15) is 13.3 Å². The topological polar surface area (TPSA) is 32.5 Å². The highest BCUT2D eigenvalue weighted by molar-refractivity contribution is 5.46. The zero-order valence-electron chi connectivity index (χ0n) is 11.4. The van der Waals surface area contributed by atoms with E-state index < -0.39 is 0 Å². The molecule has 1 fully saturated rings. The van der Waals surface area contributed by atoms with Gasteiger partial charge in [0.25, 0.3) is 0 Å². The second-order valence-electron chi connectivity index (χ2n) is 5.13. The fourth-order valence-electron chi connectivity index (χ4n) is 2.56. The molecule has 0 spiro atoms. The second kappa shape index (κ2) is 6.76. The average molecular weight is 247 g/mol. The second-order valence-corrected chi connectivity index (χ2v) is 5.13. The van der Waals surface area contributed by atoms with Crippen LogP contribution in [0.15, 0.2) is 30.3 Å². The van der Waals surface area contributed by atoms with E-state index in [9.17, 15) is 0 Å². The van der Waals surface area contributed by atoms with E-state index in [2.05, 4.69) is 47.1 Å². The van der Waals surface area contributed by atoms with Gasteiger partial charge in [-0.2, -0.15) is 0 Å². The van der Waals surface area contributed by atoms with Gasteiger partial charge in [-0.15, -0.1) is 0 Å². The normalized spacial score (nSPS) is 18.9. The van der Waals surface area contributed by atoms with Crippen molar-refractivity contribution in [1.82, 2.24) is 4.90 Å². The number of piperazine rings is 1. The highest BCUT2D eigenvalue weighted by Gasteiger charge is 2.18. The van der Waals surface area contributed by atoms with E-state index in [4.69, 9.17) is 5.73 Å². The molecule has 0 saturated carbocycles. The van der Waals surface area contributed by atoms with Crippen LogP contribution in [0.25, 0.3) is 0 Å². The average Bonchev–Trinajstić information content (AvgIpc) is 2.46. The molecule has 1 heterocycles. The van der Waals surface area contributed by atoms with E-state index in [1.807, 2.05) is 0 Å². The molecule has 0 bridgehead atoms. The van der Waals surface area contributed by atoms with Crippen LogP contribution in [0, 0.1) is 5.92 Å². The quantitative estimate of drug-likeness (QED) is 0.861. The summed E-state index contributed by atoms with van der Waals surface area (Å²) < 4.78 is 0. The van der Waals surface area contributed by atoms with Gasteiger partial charge in [0.05, 0.1) is 0 Å². The smallest absolute Gasteiger partial charge is 0.0367 e. The van der Waals surface area contributed by atoms with Gasteiger partial charge in [-0.25, -0.2) is 0 Å². The number of rotatable bonds is 5. The van der Waals surface area contributed by atoms with Gasteiger partial charge in [0.2, 0.25) is 0 Å². The minimum atomic E-state index is 0.660. The molecule has 3 nitrogen and oxygen atoms in total. The molecular weight excluding hydrogens is 222 g/mol. The van der Waals surface area contributed by atoms with Crippen LogP contribution in [0.4, 0.5) is 5.69 Å². The minimum Gasteiger partial charge on any atom is -0.369 e. The number of anilines is 1. The van der Waals surface area contributed by atoms with Crippen LogP contribution in [-0.4, -0.2) is 44.2 Å². The van der Waals surface area contributed by atoms with Crippen LogP contribution < -0.4 is 10.6 Å². The zero-order chi connectivity index (χ0) is 12.8. The van der Waals surface area contributed by atoms with Crippen LogP contribution in [-0.2, 0) is 0 Å². The lowest BCUT2D eigenvalue weighted by atomic mass is 10.1. The fraction of sp³-hybridized carbons (Fsp3) is 0.600. The lowest BCUT2D eigenvalue weighted by Gasteiger charge is -2.37. The van der Waals surface area contributed by atoms with Crippen molar-refractivity contribution in [3.63, 3.8) is 0 Å². The molecule has 1 unspecified atom stereocenters. The maximum Gasteiger partial charge on any atom is 0.0367 e. The van der Waals surface area contributed by atoms with Crippen molar-refractivity contribution in [3.05, 3.63) is 30.3 Å².